The first-order chi connectivity index (χ1) is 34.5. The molecule has 8 heterocycles. The maximum absolute atomic E-state index is 14.6. The molecule has 0 radical (unpaired) electrons. The number of hydrogen-bond acceptors (Lipinski definition) is 14. The number of benzene rings is 2. The van der Waals surface area contributed by atoms with E-state index in [2.05, 4.69) is 45.8 Å². The van der Waals surface area contributed by atoms with Gasteiger partial charge >= 0.3 is 19.3 Å². The van der Waals surface area contributed by atoms with Crippen LogP contribution in [-0.2, 0) is 18.9 Å². The summed E-state index contributed by atoms with van der Waals surface area (Å²) in [5.74, 6) is 0.248. The average molecular weight is 1060 g/mol. The van der Waals surface area contributed by atoms with E-state index in [1.165, 1.54) is 30.9 Å². The van der Waals surface area contributed by atoms with E-state index in [9.17, 15) is 18.4 Å². The summed E-state index contributed by atoms with van der Waals surface area (Å²) in [4.78, 5) is 52.5. The van der Waals surface area contributed by atoms with Crippen LogP contribution >= 0.6 is 15.9 Å². The minimum absolute atomic E-state index is 0.000972. The lowest BCUT2D eigenvalue weighted by atomic mass is 9.79. The van der Waals surface area contributed by atoms with Crippen LogP contribution in [0.15, 0.2) is 65.9 Å². The molecule has 2 saturated carbocycles. The summed E-state index contributed by atoms with van der Waals surface area (Å²) in [5.41, 5.74) is 4.89. The second kappa shape index (κ2) is 20.2. The maximum Gasteiger partial charge on any atom is 0.491 e. The van der Waals surface area contributed by atoms with Crippen LogP contribution in [0.2, 0.25) is 0 Å². The minimum Gasteiger partial charge on any atom is -0.472 e. The summed E-state index contributed by atoms with van der Waals surface area (Å²) < 4.78 is 63.9. The van der Waals surface area contributed by atoms with E-state index in [0.717, 1.165) is 52.3 Å². The predicted octanol–water partition coefficient (Wildman–Crippen LogP) is 6.64. The molecule has 18 nitrogen and oxygen atoms in total. The third-order valence-electron chi connectivity index (χ3n) is 14.3. The van der Waals surface area contributed by atoms with E-state index in [1.807, 2.05) is 37.9 Å². The van der Waals surface area contributed by atoms with Crippen molar-refractivity contribution in [1.29, 1.82) is 0 Å². The fraction of sp³-hybridized carbons (Fsp3) is 0.480. The lowest BCUT2D eigenvalue weighted by Crippen LogP contribution is -2.59. The number of ether oxygens (including phenoxy) is 6. The van der Waals surface area contributed by atoms with E-state index in [0.29, 0.717) is 86.5 Å². The first-order valence-corrected chi connectivity index (χ1v) is 25.0. The van der Waals surface area contributed by atoms with Crippen molar-refractivity contribution in [3.05, 3.63) is 88.7 Å². The molecule has 4 N–H and O–H groups in total. The summed E-state index contributed by atoms with van der Waals surface area (Å²) in [6.45, 7) is 11.8. The highest BCUT2D eigenvalue weighted by Gasteiger charge is 2.49. The fourth-order valence-electron chi connectivity index (χ4n) is 9.71. The van der Waals surface area contributed by atoms with Crippen LogP contribution in [-0.4, -0.2) is 145 Å². The molecule has 4 aromatic heterocycles. The molecule has 380 valence electrons. The number of rotatable bonds is 8. The van der Waals surface area contributed by atoms with Crippen LogP contribution in [0, 0.1) is 49.2 Å². The predicted molar refractivity (Wildman–Crippen MR) is 262 cm³/mol. The van der Waals surface area contributed by atoms with Gasteiger partial charge in [0.2, 0.25) is 11.8 Å². The van der Waals surface area contributed by atoms with Gasteiger partial charge < -0.3 is 58.2 Å². The summed E-state index contributed by atoms with van der Waals surface area (Å²) in [6, 6.07) is 9.38. The van der Waals surface area contributed by atoms with Crippen molar-refractivity contribution in [2.75, 3.05) is 52.6 Å². The number of likely N-dealkylation sites (tertiary alicyclic amines) is 2. The Balaban J connectivity index is 0.000000140. The number of aromatic nitrogens is 6. The molecular formula is C50H56BBrF2N8O10. The van der Waals surface area contributed by atoms with Gasteiger partial charge in [-0.25, -0.2) is 28.3 Å². The van der Waals surface area contributed by atoms with Crippen LogP contribution in [0.1, 0.15) is 50.7 Å². The molecule has 6 aromatic rings. The van der Waals surface area contributed by atoms with Gasteiger partial charge in [-0.3, -0.25) is 0 Å². The van der Waals surface area contributed by atoms with Crippen LogP contribution < -0.4 is 14.9 Å². The molecule has 0 spiro atoms. The highest BCUT2D eigenvalue weighted by atomic mass is 79.9. The molecule has 22 heteroatoms. The van der Waals surface area contributed by atoms with Gasteiger partial charge in [0.25, 0.3) is 0 Å². The van der Waals surface area contributed by atoms with Crippen molar-refractivity contribution < 1.29 is 56.8 Å². The fourth-order valence-corrected chi connectivity index (χ4v) is 10.1. The number of aryl methyl sites for hydroxylation is 2. The number of carbonyl (C=O) groups excluding carboxylic acids is 2. The molecular weight excluding hydrogens is 1000 g/mol. The lowest BCUT2D eigenvalue weighted by Gasteiger charge is -2.46. The Morgan fingerprint density at radius 3 is 1.61 bits per heavy atom. The van der Waals surface area contributed by atoms with Crippen molar-refractivity contribution in [3.63, 3.8) is 0 Å². The van der Waals surface area contributed by atoms with E-state index in [4.69, 9.17) is 38.5 Å². The maximum atomic E-state index is 14.6. The SMILES string of the molecule is CC1(OC(=O)N2CC3COCC(C2)C3Oc2ncnc3c(Br)c[nH]c23)CC1.Cc1ccc(-c2c[nH]c3c(OC4C5COCC4CN(C(=O)OC4(C)CC4)C5)ncnc23)c(F)c1.Cc1ccc(B(O)O)c(F)c1. The number of halogens is 3. The first-order valence-electron chi connectivity index (χ1n) is 24.2. The summed E-state index contributed by atoms with van der Waals surface area (Å²) in [6.07, 6.45) is 9.56. The Kier molecular flexibility index (Phi) is 13.9. The zero-order chi connectivity index (χ0) is 50.5. The molecule has 6 aliphatic rings. The van der Waals surface area contributed by atoms with Crippen molar-refractivity contribution in [2.45, 2.75) is 76.8 Å². The Bertz CT molecular complexity index is 2950. The van der Waals surface area contributed by atoms with E-state index in [-0.39, 0.29) is 70.5 Å². The molecule has 2 aromatic carbocycles. The number of H-pyrrole nitrogens is 2. The Morgan fingerprint density at radius 2 is 1.14 bits per heavy atom. The number of fused-ring (bicyclic) bond motifs is 6. The van der Waals surface area contributed by atoms with Crippen molar-refractivity contribution in [3.8, 4) is 22.9 Å². The monoisotopic (exact) mass is 1060 g/mol. The molecule has 4 saturated heterocycles. The topological polar surface area (TPSA) is 220 Å². The number of hydrogen-bond donors (Lipinski definition) is 4. The number of nitrogens with zero attached hydrogens (tertiary/aromatic N) is 6. The zero-order valence-corrected chi connectivity index (χ0v) is 41.9. The van der Waals surface area contributed by atoms with Crippen LogP contribution in [0.4, 0.5) is 18.4 Å². The third-order valence-corrected chi connectivity index (χ3v) is 14.9. The molecule has 4 unspecified atom stereocenters. The Hall–Kier alpha value is -5.94. The van der Waals surface area contributed by atoms with Crippen molar-refractivity contribution >= 4 is 62.8 Å². The number of aromatic amines is 2. The van der Waals surface area contributed by atoms with Crippen LogP contribution in [0.5, 0.6) is 11.8 Å². The van der Waals surface area contributed by atoms with E-state index in [1.54, 1.807) is 30.2 Å². The quantitative estimate of drug-likeness (QED) is 0.118. The molecule has 6 fully saturated rings. The van der Waals surface area contributed by atoms with E-state index < -0.39 is 12.9 Å². The van der Waals surface area contributed by atoms with Crippen LogP contribution in [0.3, 0.4) is 0 Å². The van der Waals surface area contributed by atoms with Gasteiger partial charge in [0.05, 0.1) is 30.9 Å². The van der Waals surface area contributed by atoms with Gasteiger partial charge in [-0.05, 0) is 92.6 Å². The molecule has 4 atom stereocenters. The van der Waals surface area contributed by atoms with Gasteiger partial charge in [0.1, 0.15) is 69.8 Å². The standard InChI is InChI=1S/C25H27FN4O4.C18H21BrN4O4.C7H8BFO2/c1-14-3-4-17(19(26)7-14)18-8-27-21-20(18)28-13-29-23(21)33-22-15-9-30(10-16(22)12-32-11-15)24(31)34-25(2)5-6-25;1-18(2-3-18)27-17(24)23-5-10-7-25-8-11(6-23)15(10)26-16-14-13(21-9-22-16)12(19)4-20-14;1-5-2-3-6(8(10)11)7(9)4-5/h3-4,7-8,13,15-16,22,27H,5-6,9-12H2,1-2H3;4,9-11,15,20H,2-3,5-8H2,1H3;2-4,10-11H,1H3. The molecule has 2 aliphatic carbocycles. The van der Waals surface area contributed by atoms with Gasteiger partial charge in [-0.15, -0.1) is 0 Å². The molecule has 72 heavy (non-hydrogen) atoms. The van der Waals surface area contributed by atoms with Crippen molar-refractivity contribution in [1.82, 2.24) is 39.7 Å². The van der Waals surface area contributed by atoms with E-state index >= 15 is 0 Å². The number of piperidine rings is 2. The average Bonchev–Trinajstić information content (AvgIpc) is 4.14. The molecule has 12 rings (SSSR count). The summed E-state index contributed by atoms with van der Waals surface area (Å²) in [7, 11) is -1.73. The lowest BCUT2D eigenvalue weighted by molar-refractivity contribution is -0.111. The number of amides is 2. The molecule has 4 bridgehead atoms. The van der Waals surface area contributed by atoms with Crippen molar-refractivity contribution in [2.24, 2.45) is 23.7 Å². The number of nitrogens with one attached hydrogen (secondary N) is 2. The van der Waals surface area contributed by atoms with Gasteiger partial charge in [-0.2, -0.15) is 9.97 Å². The smallest absolute Gasteiger partial charge is 0.472 e. The summed E-state index contributed by atoms with van der Waals surface area (Å²) in [5, 5.41) is 17.2. The Labute approximate surface area is 422 Å². The minimum atomic E-state index is -1.73. The second-order valence-corrected chi connectivity index (χ2v) is 21.1. The normalized spacial score (nSPS) is 24.2. The number of carbonyl (C=O) groups is 2. The van der Waals surface area contributed by atoms with Crippen LogP contribution in [0.25, 0.3) is 33.2 Å². The third kappa shape index (κ3) is 10.7. The highest BCUT2D eigenvalue weighted by Crippen LogP contribution is 2.42. The zero-order valence-electron chi connectivity index (χ0n) is 40.3. The van der Waals surface area contributed by atoms with Gasteiger partial charge in [0, 0.05) is 78.8 Å². The Morgan fingerprint density at radius 1 is 0.681 bits per heavy atom. The molecule has 2 amide bonds. The second-order valence-electron chi connectivity index (χ2n) is 20.3. The molecule has 4 aliphatic heterocycles. The largest absolute Gasteiger partial charge is 0.491 e. The summed E-state index contributed by atoms with van der Waals surface area (Å²) >= 11 is 3.47. The first kappa shape index (κ1) is 49.6. The highest BCUT2D eigenvalue weighted by molar-refractivity contribution is 9.10. The van der Waals surface area contributed by atoms with Gasteiger partial charge in [0.15, 0.2) is 0 Å². The van der Waals surface area contributed by atoms with Gasteiger partial charge in [-0.1, -0.05) is 24.3 Å².